The molecular weight excluding hydrogens is 232 g/mol. The molecule has 104 valence electrons. The SMILES string of the molecule is CCN(CC)CCN1CCC(=O)C(C(=O)OC)C1. The second-order valence-electron chi connectivity index (χ2n) is 4.62. The molecule has 0 radical (unpaired) electrons. The van der Waals surface area contributed by atoms with E-state index in [1.165, 1.54) is 7.11 Å². The van der Waals surface area contributed by atoms with Crippen molar-refractivity contribution in [3.05, 3.63) is 0 Å². The highest BCUT2D eigenvalue weighted by Crippen LogP contribution is 2.14. The third-order valence-corrected chi connectivity index (χ3v) is 3.62. The summed E-state index contributed by atoms with van der Waals surface area (Å²) in [6, 6.07) is 0. The van der Waals surface area contributed by atoms with Gasteiger partial charge in [-0.25, -0.2) is 0 Å². The molecule has 5 heteroatoms. The summed E-state index contributed by atoms with van der Waals surface area (Å²) in [6.45, 7) is 9.49. The zero-order chi connectivity index (χ0) is 13.5. The van der Waals surface area contributed by atoms with Crippen LogP contribution in [-0.4, -0.2) is 67.9 Å². The van der Waals surface area contributed by atoms with Crippen molar-refractivity contribution in [2.75, 3.05) is 46.4 Å². The second-order valence-corrected chi connectivity index (χ2v) is 4.62. The Hall–Kier alpha value is -0.940. The predicted molar refractivity (Wildman–Crippen MR) is 69.4 cm³/mol. The number of Topliss-reactive ketones (excluding diaryl/α,β-unsaturated/α-hetero) is 1. The lowest BCUT2D eigenvalue weighted by Crippen LogP contribution is -2.47. The van der Waals surface area contributed by atoms with Crippen LogP contribution in [0.4, 0.5) is 0 Å². The molecular formula is C13H24N2O3. The lowest BCUT2D eigenvalue weighted by Gasteiger charge is -2.31. The van der Waals surface area contributed by atoms with Gasteiger partial charge < -0.3 is 14.5 Å². The number of likely N-dealkylation sites (N-methyl/N-ethyl adjacent to an activating group) is 1. The zero-order valence-electron chi connectivity index (χ0n) is 11.6. The number of carbonyl (C=O) groups excluding carboxylic acids is 2. The van der Waals surface area contributed by atoms with Crippen LogP contribution in [0.3, 0.4) is 0 Å². The van der Waals surface area contributed by atoms with Gasteiger partial charge in [-0.2, -0.15) is 0 Å². The fraction of sp³-hybridized carbons (Fsp3) is 0.846. The van der Waals surface area contributed by atoms with Gasteiger partial charge in [0.25, 0.3) is 0 Å². The number of piperidine rings is 1. The lowest BCUT2D eigenvalue weighted by atomic mass is 9.96. The van der Waals surface area contributed by atoms with E-state index in [4.69, 9.17) is 0 Å². The first-order chi connectivity index (χ1) is 8.62. The van der Waals surface area contributed by atoms with E-state index in [1.54, 1.807) is 0 Å². The van der Waals surface area contributed by atoms with Crippen LogP contribution in [0.5, 0.6) is 0 Å². The largest absolute Gasteiger partial charge is 0.468 e. The number of rotatable bonds is 6. The molecule has 0 bridgehead atoms. The van der Waals surface area contributed by atoms with E-state index in [2.05, 4.69) is 28.4 Å². The van der Waals surface area contributed by atoms with Gasteiger partial charge in [0.05, 0.1) is 7.11 Å². The van der Waals surface area contributed by atoms with Crippen LogP contribution in [0.25, 0.3) is 0 Å². The van der Waals surface area contributed by atoms with E-state index in [9.17, 15) is 9.59 Å². The van der Waals surface area contributed by atoms with Gasteiger partial charge in [0, 0.05) is 32.6 Å². The van der Waals surface area contributed by atoms with E-state index in [1.807, 2.05) is 0 Å². The van der Waals surface area contributed by atoms with Crippen LogP contribution < -0.4 is 0 Å². The van der Waals surface area contributed by atoms with Crippen molar-refractivity contribution in [1.82, 2.24) is 9.80 Å². The molecule has 0 aromatic carbocycles. The van der Waals surface area contributed by atoms with Crippen molar-refractivity contribution >= 4 is 11.8 Å². The molecule has 0 N–H and O–H groups in total. The Morgan fingerprint density at radius 1 is 1.44 bits per heavy atom. The van der Waals surface area contributed by atoms with Crippen LogP contribution in [0.15, 0.2) is 0 Å². The summed E-state index contributed by atoms with van der Waals surface area (Å²) in [5.74, 6) is -0.964. The summed E-state index contributed by atoms with van der Waals surface area (Å²) in [5.41, 5.74) is 0. The van der Waals surface area contributed by atoms with E-state index >= 15 is 0 Å². The quantitative estimate of drug-likeness (QED) is 0.508. The minimum atomic E-state index is -0.583. The molecule has 1 aliphatic rings. The average Bonchev–Trinajstić information content (AvgIpc) is 2.40. The molecule has 0 aliphatic carbocycles. The van der Waals surface area contributed by atoms with Gasteiger partial charge in [-0.15, -0.1) is 0 Å². The smallest absolute Gasteiger partial charge is 0.317 e. The molecule has 1 unspecified atom stereocenters. The molecule has 5 nitrogen and oxygen atoms in total. The summed E-state index contributed by atoms with van der Waals surface area (Å²) in [6.07, 6.45) is 0.456. The van der Waals surface area contributed by atoms with Crippen LogP contribution in [0.1, 0.15) is 20.3 Å². The van der Waals surface area contributed by atoms with E-state index in [-0.39, 0.29) is 5.78 Å². The first-order valence-corrected chi connectivity index (χ1v) is 6.67. The van der Waals surface area contributed by atoms with Gasteiger partial charge in [-0.3, -0.25) is 9.59 Å². The molecule has 1 rings (SSSR count). The molecule has 0 aromatic heterocycles. The number of nitrogens with zero attached hydrogens (tertiary/aromatic N) is 2. The molecule has 1 aliphatic heterocycles. The topological polar surface area (TPSA) is 49.9 Å². The van der Waals surface area contributed by atoms with Crippen LogP contribution in [-0.2, 0) is 14.3 Å². The van der Waals surface area contributed by atoms with Gasteiger partial charge in [0.1, 0.15) is 11.7 Å². The summed E-state index contributed by atoms with van der Waals surface area (Å²) >= 11 is 0. The lowest BCUT2D eigenvalue weighted by molar-refractivity contribution is -0.151. The minimum absolute atomic E-state index is 0.0148. The maximum absolute atomic E-state index is 11.7. The first kappa shape index (κ1) is 15.1. The van der Waals surface area contributed by atoms with Gasteiger partial charge in [0.15, 0.2) is 0 Å². The van der Waals surface area contributed by atoms with E-state index < -0.39 is 11.9 Å². The molecule has 1 heterocycles. The summed E-state index contributed by atoms with van der Waals surface area (Å²) in [4.78, 5) is 27.7. The monoisotopic (exact) mass is 256 g/mol. The number of likely N-dealkylation sites (tertiary alicyclic amines) is 1. The minimum Gasteiger partial charge on any atom is -0.468 e. The van der Waals surface area contributed by atoms with Gasteiger partial charge in [-0.05, 0) is 13.1 Å². The third kappa shape index (κ3) is 4.07. The Kier molecular flexibility index (Phi) is 6.29. The molecule has 0 amide bonds. The molecule has 0 aromatic rings. The van der Waals surface area contributed by atoms with Crippen molar-refractivity contribution in [3.63, 3.8) is 0 Å². The molecule has 18 heavy (non-hydrogen) atoms. The normalized spacial score (nSPS) is 21.3. The average molecular weight is 256 g/mol. The van der Waals surface area contributed by atoms with Crippen molar-refractivity contribution in [1.29, 1.82) is 0 Å². The van der Waals surface area contributed by atoms with Crippen LogP contribution in [0.2, 0.25) is 0 Å². The maximum Gasteiger partial charge on any atom is 0.317 e. The van der Waals surface area contributed by atoms with Crippen molar-refractivity contribution in [3.8, 4) is 0 Å². The molecule has 1 fully saturated rings. The van der Waals surface area contributed by atoms with Crippen molar-refractivity contribution in [2.24, 2.45) is 5.92 Å². The summed E-state index contributed by atoms with van der Waals surface area (Å²) in [7, 11) is 1.34. The number of hydrogen-bond acceptors (Lipinski definition) is 5. The van der Waals surface area contributed by atoms with Crippen LogP contribution >= 0.6 is 0 Å². The predicted octanol–water partition coefficient (Wildman–Crippen LogP) is 0.392. The Morgan fingerprint density at radius 3 is 2.67 bits per heavy atom. The second kappa shape index (κ2) is 7.48. The number of esters is 1. The molecule has 1 atom stereocenters. The number of ether oxygens (including phenoxy) is 1. The van der Waals surface area contributed by atoms with Crippen molar-refractivity contribution < 1.29 is 14.3 Å². The van der Waals surface area contributed by atoms with Gasteiger partial charge in [0.2, 0.25) is 0 Å². The molecule has 1 saturated heterocycles. The fourth-order valence-electron chi connectivity index (χ4n) is 2.27. The van der Waals surface area contributed by atoms with Gasteiger partial charge >= 0.3 is 5.97 Å². The van der Waals surface area contributed by atoms with E-state index in [0.717, 1.165) is 32.7 Å². The molecule has 0 spiro atoms. The number of methoxy groups -OCH3 is 1. The molecule has 0 saturated carbocycles. The Labute approximate surface area is 109 Å². The third-order valence-electron chi connectivity index (χ3n) is 3.62. The number of ketones is 1. The Bertz CT molecular complexity index is 282. The standard InChI is InChI=1S/C13H24N2O3/c1-4-14(5-2)8-9-15-7-6-12(16)11(10-15)13(17)18-3/h11H,4-10H2,1-3H3. The number of hydrogen-bond donors (Lipinski definition) is 0. The highest BCUT2D eigenvalue weighted by Gasteiger charge is 2.33. The van der Waals surface area contributed by atoms with Crippen LogP contribution in [0, 0.1) is 5.92 Å². The highest BCUT2D eigenvalue weighted by atomic mass is 16.5. The summed E-state index contributed by atoms with van der Waals surface area (Å²) in [5, 5.41) is 0. The zero-order valence-corrected chi connectivity index (χ0v) is 11.6. The Balaban J connectivity index is 2.44. The fourth-order valence-corrected chi connectivity index (χ4v) is 2.27. The Morgan fingerprint density at radius 2 is 2.11 bits per heavy atom. The van der Waals surface area contributed by atoms with E-state index in [0.29, 0.717) is 13.0 Å². The first-order valence-electron chi connectivity index (χ1n) is 6.67. The highest BCUT2D eigenvalue weighted by molar-refractivity contribution is 5.99. The maximum atomic E-state index is 11.7. The van der Waals surface area contributed by atoms with Gasteiger partial charge in [-0.1, -0.05) is 13.8 Å². The number of carbonyl (C=O) groups is 2. The summed E-state index contributed by atoms with van der Waals surface area (Å²) < 4.78 is 4.68. The van der Waals surface area contributed by atoms with Crippen molar-refractivity contribution in [2.45, 2.75) is 20.3 Å².